The molecule has 0 amide bonds. The molecule has 1 aromatic heterocycles. The van der Waals surface area contributed by atoms with Crippen molar-refractivity contribution in [2.45, 2.75) is 6.10 Å². The van der Waals surface area contributed by atoms with Gasteiger partial charge < -0.3 is 16.6 Å². The molecule has 1 unspecified atom stereocenters. The highest BCUT2D eigenvalue weighted by Gasteiger charge is 2.04. The summed E-state index contributed by atoms with van der Waals surface area (Å²) < 4.78 is 0. The van der Waals surface area contributed by atoms with Crippen LogP contribution in [-0.2, 0) is 0 Å². The third-order valence-electron chi connectivity index (χ3n) is 1.30. The lowest BCUT2D eigenvalue weighted by Gasteiger charge is -2.05. The minimum absolute atomic E-state index is 0.160. The van der Waals surface area contributed by atoms with Crippen molar-refractivity contribution in [2.24, 2.45) is 5.73 Å². The fourth-order valence-corrected chi connectivity index (χ4v) is 0.656. The fraction of sp³-hybridized carbons (Fsp3) is 0.333. The van der Waals surface area contributed by atoms with Crippen LogP contribution in [0.25, 0.3) is 0 Å². The SMILES string of the molecule is NCC(O)c1cnc(N)nc1. The van der Waals surface area contributed by atoms with Crippen molar-refractivity contribution >= 4 is 5.95 Å². The maximum Gasteiger partial charge on any atom is 0.219 e. The van der Waals surface area contributed by atoms with Crippen molar-refractivity contribution in [2.75, 3.05) is 12.3 Å². The quantitative estimate of drug-likeness (QED) is 0.510. The van der Waals surface area contributed by atoms with E-state index in [1.807, 2.05) is 0 Å². The molecule has 0 aliphatic carbocycles. The molecule has 1 aromatic rings. The predicted octanol–water partition coefficient (Wildman–Crippen LogP) is -0.949. The largest absolute Gasteiger partial charge is 0.387 e. The van der Waals surface area contributed by atoms with Gasteiger partial charge in [0.15, 0.2) is 0 Å². The van der Waals surface area contributed by atoms with Gasteiger partial charge in [-0.15, -0.1) is 0 Å². The zero-order chi connectivity index (χ0) is 8.27. The Morgan fingerprint density at radius 3 is 2.45 bits per heavy atom. The monoisotopic (exact) mass is 154 g/mol. The number of nitrogens with zero attached hydrogens (tertiary/aromatic N) is 2. The first-order valence-corrected chi connectivity index (χ1v) is 3.19. The Hall–Kier alpha value is -1.20. The van der Waals surface area contributed by atoms with Crippen molar-refractivity contribution in [3.63, 3.8) is 0 Å². The number of aromatic nitrogens is 2. The third-order valence-corrected chi connectivity index (χ3v) is 1.30. The predicted molar refractivity (Wildman–Crippen MR) is 40.5 cm³/mol. The lowest BCUT2D eigenvalue weighted by Crippen LogP contribution is -2.12. The number of nitrogens with two attached hydrogens (primary N) is 2. The number of aliphatic hydroxyl groups is 1. The van der Waals surface area contributed by atoms with Crippen molar-refractivity contribution in [1.82, 2.24) is 9.97 Å². The number of hydrogen-bond acceptors (Lipinski definition) is 5. The molecule has 5 heteroatoms. The highest BCUT2D eigenvalue weighted by atomic mass is 16.3. The summed E-state index contributed by atoms with van der Waals surface area (Å²) in [7, 11) is 0. The Morgan fingerprint density at radius 1 is 1.45 bits per heavy atom. The molecule has 0 radical (unpaired) electrons. The van der Waals surface area contributed by atoms with Gasteiger partial charge in [0.25, 0.3) is 0 Å². The van der Waals surface area contributed by atoms with E-state index in [-0.39, 0.29) is 12.5 Å². The van der Waals surface area contributed by atoms with Gasteiger partial charge in [-0.1, -0.05) is 0 Å². The number of anilines is 1. The summed E-state index contributed by atoms with van der Waals surface area (Å²) in [5.41, 5.74) is 11.0. The van der Waals surface area contributed by atoms with E-state index in [0.717, 1.165) is 0 Å². The summed E-state index contributed by atoms with van der Waals surface area (Å²) >= 11 is 0. The van der Waals surface area contributed by atoms with E-state index in [9.17, 15) is 5.11 Å². The summed E-state index contributed by atoms with van der Waals surface area (Å²) in [5.74, 6) is 0.193. The molecule has 1 rings (SSSR count). The van der Waals surface area contributed by atoms with Crippen LogP contribution in [0.2, 0.25) is 0 Å². The van der Waals surface area contributed by atoms with Crippen molar-refractivity contribution in [1.29, 1.82) is 0 Å². The van der Waals surface area contributed by atoms with Gasteiger partial charge in [0.1, 0.15) is 0 Å². The van der Waals surface area contributed by atoms with E-state index in [1.54, 1.807) is 0 Å². The van der Waals surface area contributed by atoms with Gasteiger partial charge in [-0.25, -0.2) is 9.97 Å². The van der Waals surface area contributed by atoms with Crippen LogP contribution in [0.4, 0.5) is 5.95 Å². The zero-order valence-electron chi connectivity index (χ0n) is 5.94. The second-order valence-corrected chi connectivity index (χ2v) is 2.13. The molecule has 11 heavy (non-hydrogen) atoms. The Balaban J connectivity index is 2.81. The Morgan fingerprint density at radius 2 is 2.00 bits per heavy atom. The summed E-state index contributed by atoms with van der Waals surface area (Å²) in [6.45, 7) is 0.160. The Bertz CT molecular complexity index is 223. The van der Waals surface area contributed by atoms with Gasteiger partial charge in [0, 0.05) is 24.5 Å². The molecule has 60 valence electrons. The van der Waals surface area contributed by atoms with E-state index in [4.69, 9.17) is 11.5 Å². The van der Waals surface area contributed by atoms with Crippen LogP contribution in [0, 0.1) is 0 Å². The normalized spacial score (nSPS) is 12.9. The maximum absolute atomic E-state index is 9.17. The second-order valence-electron chi connectivity index (χ2n) is 2.13. The van der Waals surface area contributed by atoms with Gasteiger partial charge in [-0.3, -0.25) is 0 Å². The Labute approximate surface area is 64.1 Å². The smallest absolute Gasteiger partial charge is 0.219 e. The first-order valence-electron chi connectivity index (χ1n) is 3.19. The molecule has 0 bridgehead atoms. The molecule has 5 nitrogen and oxygen atoms in total. The molecule has 0 saturated heterocycles. The molecule has 0 aliphatic rings. The molecule has 0 fully saturated rings. The number of hydrogen-bond donors (Lipinski definition) is 3. The average Bonchev–Trinajstić information content (AvgIpc) is 2.05. The minimum Gasteiger partial charge on any atom is -0.387 e. The zero-order valence-corrected chi connectivity index (χ0v) is 5.94. The van der Waals surface area contributed by atoms with E-state index in [0.29, 0.717) is 5.56 Å². The fourth-order valence-electron chi connectivity index (χ4n) is 0.656. The summed E-state index contributed by atoms with van der Waals surface area (Å²) in [4.78, 5) is 7.40. The highest BCUT2D eigenvalue weighted by molar-refractivity contribution is 5.18. The van der Waals surface area contributed by atoms with Gasteiger partial charge in [0.05, 0.1) is 6.10 Å². The van der Waals surface area contributed by atoms with Crippen LogP contribution in [0.5, 0.6) is 0 Å². The Kier molecular flexibility index (Phi) is 2.35. The lowest BCUT2D eigenvalue weighted by atomic mass is 10.2. The molecule has 0 spiro atoms. The van der Waals surface area contributed by atoms with Crippen molar-refractivity contribution in [3.8, 4) is 0 Å². The lowest BCUT2D eigenvalue weighted by molar-refractivity contribution is 0.186. The van der Waals surface area contributed by atoms with Crippen LogP contribution >= 0.6 is 0 Å². The number of aliphatic hydroxyl groups excluding tert-OH is 1. The molecular weight excluding hydrogens is 144 g/mol. The van der Waals surface area contributed by atoms with E-state index in [2.05, 4.69) is 9.97 Å². The van der Waals surface area contributed by atoms with Crippen LogP contribution in [0.15, 0.2) is 12.4 Å². The highest BCUT2D eigenvalue weighted by Crippen LogP contribution is 2.07. The molecular formula is C6H10N4O. The molecule has 5 N–H and O–H groups in total. The number of nitrogen functional groups attached to an aromatic ring is 1. The van der Waals surface area contributed by atoms with Crippen molar-refractivity contribution < 1.29 is 5.11 Å². The third kappa shape index (κ3) is 1.86. The van der Waals surface area contributed by atoms with Gasteiger partial charge >= 0.3 is 0 Å². The van der Waals surface area contributed by atoms with E-state index < -0.39 is 6.10 Å². The summed E-state index contributed by atoms with van der Waals surface area (Å²) in [6.07, 6.45) is 2.22. The van der Waals surface area contributed by atoms with Gasteiger partial charge in [-0.2, -0.15) is 0 Å². The second kappa shape index (κ2) is 3.27. The van der Waals surface area contributed by atoms with Gasteiger partial charge in [-0.05, 0) is 0 Å². The molecule has 1 heterocycles. The standard InChI is InChI=1S/C6H10N4O/c7-1-5(11)4-2-9-6(8)10-3-4/h2-3,5,11H,1,7H2,(H2,8,9,10). The maximum atomic E-state index is 9.17. The van der Waals surface area contributed by atoms with Crippen LogP contribution in [0.3, 0.4) is 0 Å². The number of rotatable bonds is 2. The molecule has 0 saturated carbocycles. The molecule has 0 aromatic carbocycles. The van der Waals surface area contributed by atoms with Crippen LogP contribution in [-0.4, -0.2) is 21.6 Å². The van der Waals surface area contributed by atoms with E-state index in [1.165, 1.54) is 12.4 Å². The average molecular weight is 154 g/mol. The first-order chi connectivity index (χ1) is 5.24. The van der Waals surface area contributed by atoms with E-state index >= 15 is 0 Å². The van der Waals surface area contributed by atoms with Crippen LogP contribution < -0.4 is 11.5 Å². The summed E-state index contributed by atoms with van der Waals surface area (Å²) in [5, 5.41) is 9.17. The van der Waals surface area contributed by atoms with Crippen molar-refractivity contribution in [3.05, 3.63) is 18.0 Å². The van der Waals surface area contributed by atoms with Crippen LogP contribution in [0.1, 0.15) is 11.7 Å². The summed E-state index contributed by atoms with van der Waals surface area (Å²) in [6, 6.07) is 0. The minimum atomic E-state index is -0.699. The molecule has 1 atom stereocenters. The van der Waals surface area contributed by atoms with Gasteiger partial charge in [0.2, 0.25) is 5.95 Å². The molecule has 0 aliphatic heterocycles. The topological polar surface area (TPSA) is 98.0 Å². The first kappa shape index (κ1) is 7.90.